The molecule has 0 radical (unpaired) electrons. The van der Waals surface area contributed by atoms with E-state index in [-0.39, 0.29) is 12.4 Å². The summed E-state index contributed by atoms with van der Waals surface area (Å²) in [5, 5.41) is 13.0. The molecule has 1 spiro atoms. The number of urea groups is 1. The van der Waals surface area contributed by atoms with E-state index in [1.807, 2.05) is 19.0 Å². The van der Waals surface area contributed by atoms with Gasteiger partial charge in [0.15, 0.2) is 5.60 Å². The Morgan fingerprint density at radius 3 is 2.14 bits per heavy atom. The molecule has 1 aromatic heterocycles. The predicted molar refractivity (Wildman–Crippen MR) is 123 cm³/mol. The number of hydrogen-bond donors (Lipinski definition) is 2. The molecule has 2 aromatic rings. The lowest BCUT2D eigenvalue weighted by Gasteiger charge is -2.48. The standard InChI is InChI=1S/C25H29F5N4O2/c1-15-9-17(22(2,36)25(28,29)30)13-31-20(15)34-14-23(32-21(34)35)5-7-24(8-6-23,33(3)4)16-10-18(26)12-19(27)11-16/h9-13,36H,5-8,14H2,1-4H3,(H,32,35)/t22-,23?,24?/m0/s1. The monoisotopic (exact) mass is 512 g/mol. The van der Waals surface area contributed by atoms with Crippen LogP contribution in [0.25, 0.3) is 0 Å². The van der Waals surface area contributed by atoms with E-state index in [1.165, 1.54) is 30.0 Å². The van der Waals surface area contributed by atoms with Gasteiger partial charge in [-0.3, -0.25) is 9.80 Å². The minimum atomic E-state index is -4.89. The second-order valence-electron chi connectivity index (χ2n) is 10.3. The van der Waals surface area contributed by atoms with Gasteiger partial charge in [-0.25, -0.2) is 18.6 Å². The van der Waals surface area contributed by atoms with Gasteiger partial charge in [0.25, 0.3) is 0 Å². The van der Waals surface area contributed by atoms with Crippen molar-refractivity contribution in [3.63, 3.8) is 0 Å². The number of anilines is 1. The summed E-state index contributed by atoms with van der Waals surface area (Å²) in [6, 6.07) is 4.28. The average Bonchev–Trinajstić information content (AvgIpc) is 3.08. The molecular weight excluding hydrogens is 483 g/mol. The number of rotatable bonds is 4. The summed E-state index contributed by atoms with van der Waals surface area (Å²) in [4.78, 5) is 20.4. The van der Waals surface area contributed by atoms with Crippen LogP contribution < -0.4 is 10.2 Å². The van der Waals surface area contributed by atoms with E-state index in [1.54, 1.807) is 0 Å². The molecule has 4 rings (SSSR count). The molecule has 0 unspecified atom stereocenters. The molecule has 0 bridgehead atoms. The van der Waals surface area contributed by atoms with Crippen LogP contribution in [-0.2, 0) is 11.1 Å². The van der Waals surface area contributed by atoms with Gasteiger partial charge in [-0.1, -0.05) is 0 Å². The van der Waals surface area contributed by atoms with E-state index in [0.717, 1.165) is 12.3 Å². The number of halogens is 5. The lowest BCUT2D eigenvalue weighted by atomic mass is 9.69. The maximum Gasteiger partial charge on any atom is 0.421 e. The number of aliphatic hydroxyl groups is 1. The van der Waals surface area contributed by atoms with Gasteiger partial charge in [0.2, 0.25) is 0 Å². The molecule has 2 fully saturated rings. The van der Waals surface area contributed by atoms with Crippen LogP contribution in [0.4, 0.5) is 32.6 Å². The number of aryl methyl sites for hydroxylation is 1. The van der Waals surface area contributed by atoms with Crippen LogP contribution in [0.3, 0.4) is 0 Å². The second kappa shape index (κ2) is 8.65. The van der Waals surface area contributed by atoms with Crippen LogP contribution >= 0.6 is 0 Å². The van der Waals surface area contributed by atoms with Gasteiger partial charge < -0.3 is 10.4 Å². The summed E-state index contributed by atoms with van der Waals surface area (Å²) in [6.07, 6.45) is -1.86. The lowest BCUT2D eigenvalue weighted by Crippen LogP contribution is -2.54. The predicted octanol–water partition coefficient (Wildman–Crippen LogP) is 4.74. The first-order valence-electron chi connectivity index (χ1n) is 11.6. The summed E-state index contributed by atoms with van der Waals surface area (Å²) in [7, 11) is 3.70. The van der Waals surface area contributed by atoms with Crippen LogP contribution in [0.1, 0.15) is 49.3 Å². The van der Waals surface area contributed by atoms with Crippen molar-refractivity contribution >= 4 is 11.8 Å². The van der Waals surface area contributed by atoms with Gasteiger partial charge in [0.1, 0.15) is 17.5 Å². The number of carbonyl (C=O) groups is 1. The van der Waals surface area contributed by atoms with Crippen LogP contribution in [0.2, 0.25) is 0 Å². The first-order valence-corrected chi connectivity index (χ1v) is 11.6. The molecule has 1 aromatic carbocycles. The fraction of sp³-hybridized carbons (Fsp3) is 0.520. The zero-order chi connectivity index (χ0) is 26.7. The van der Waals surface area contributed by atoms with Crippen molar-refractivity contribution < 1.29 is 31.9 Å². The largest absolute Gasteiger partial charge is 0.421 e. The number of alkyl halides is 3. The minimum Gasteiger partial charge on any atom is -0.376 e. The Kier molecular flexibility index (Phi) is 6.32. The fourth-order valence-corrected chi connectivity index (χ4v) is 5.40. The highest BCUT2D eigenvalue weighted by Gasteiger charge is 2.53. The third-order valence-electron chi connectivity index (χ3n) is 7.79. The summed E-state index contributed by atoms with van der Waals surface area (Å²) < 4.78 is 67.7. The van der Waals surface area contributed by atoms with Gasteiger partial charge in [0, 0.05) is 23.4 Å². The Balaban J connectivity index is 1.57. The first kappa shape index (κ1) is 26.3. The Bertz CT molecular complexity index is 1150. The molecule has 2 heterocycles. The molecule has 6 nitrogen and oxygen atoms in total. The third kappa shape index (κ3) is 4.32. The van der Waals surface area contributed by atoms with E-state index in [0.29, 0.717) is 43.7 Å². The number of nitrogens with one attached hydrogen (secondary N) is 1. The lowest BCUT2D eigenvalue weighted by molar-refractivity contribution is -0.259. The molecule has 1 saturated heterocycles. The molecule has 1 atom stereocenters. The van der Waals surface area contributed by atoms with E-state index < -0.39 is 46.1 Å². The smallest absolute Gasteiger partial charge is 0.376 e. The molecule has 1 aliphatic carbocycles. The van der Waals surface area contributed by atoms with Crippen molar-refractivity contribution in [3.8, 4) is 0 Å². The maximum atomic E-state index is 14.0. The van der Waals surface area contributed by atoms with Crippen LogP contribution in [0.15, 0.2) is 30.5 Å². The topological polar surface area (TPSA) is 68.7 Å². The SMILES string of the molecule is Cc1cc([C@](C)(O)C(F)(F)F)cnc1N1CC2(CCC(c3cc(F)cc(F)c3)(N(C)C)CC2)NC1=O. The van der Waals surface area contributed by atoms with E-state index >= 15 is 0 Å². The Morgan fingerprint density at radius 2 is 1.64 bits per heavy atom. The van der Waals surface area contributed by atoms with Gasteiger partial charge in [-0.2, -0.15) is 13.2 Å². The number of carbonyl (C=O) groups excluding carboxylic acids is 1. The molecule has 196 valence electrons. The molecule has 11 heteroatoms. The van der Waals surface area contributed by atoms with Gasteiger partial charge in [-0.15, -0.1) is 0 Å². The Morgan fingerprint density at radius 1 is 1.06 bits per heavy atom. The number of aromatic nitrogens is 1. The summed E-state index contributed by atoms with van der Waals surface area (Å²) in [5.74, 6) is -1.09. The third-order valence-corrected chi connectivity index (χ3v) is 7.79. The number of nitrogens with zero attached hydrogens (tertiary/aromatic N) is 3. The zero-order valence-electron chi connectivity index (χ0n) is 20.5. The van der Waals surface area contributed by atoms with E-state index in [2.05, 4.69) is 10.3 Å². The van der Waals surface area contributed by atoms with Crippen LogP contribution in [-0.4, -0.2) is 53.4 Å². The quantitative estimate of drug-likeness (QED) is 0.581. The van der Waals surface area contributed by atoms with Gasteiger partial charge >= 0.3 is 12.2 Å². The molecule has 1 saturated carbocycles. The Hall–Kier alpha value is -2.79. The number of hydrogen-bond acceptors (Lipinski definition) is 4. The summed E-state index contributed by atoms with van der Waals surface area (Å²) >= 11 is 0. The van der Waals surface area contributed by atoms with Crippen molar-refractivity contribution in [2.24, 2.45) is 0 Å². The highest BCUT2D eigenvalue weighted by molar-refractivity contribution is 5.95. The van der Waals surface area contributed by atoms with Crippen molar-refractivity contribution in [2.75, 3.05) is 25.5 Å². The molecule has 2 amide bonds. The molecule has 2 N–H and O–H groups in total. The average molecular weight is 513 g/mol. The summed E-state index contributed by atoms with van der Waals surface area (Å²) in [6.45, 7) is 2.44. The highest BCUT2D eigenvalue weighted by atomic mass is 19.4. The normalized spacial score (nSPS) is 26.4. The molecular formula is C25H29F5N4O2. The molecule has 36 heavy (non-hydrogen) atoms. The summed E-state index contributed by atoms with van der Waals surface area (Å²) in [5.41, 5.74) is -3.88. The fourth-order valence-electron chi connectivity index (χ4n) is 5.40. The second-order valence-corrected chi connectivity index (χ2v) is 10.3. The molecule has 1 aliphatic heterocycles. The first-order chi connectivity index (χ1) is 16.6. The number of benzene rings is 1. The number of pyridine rings is 1. The van der Waals surface area contributed by atoms with E-state index in [4.69, 9.17) is 0 Å². The zero-order valence-corrected chi connectivity index (χ0v) is 20.5. The maximum absolute atomic E-state index is 14.0. The van der Waals surface area contributed by atoms with Crippen molar-refractivity contribution in [1.82, 2.24) is 15.2 Å². The minimum absolute atomic E-state index is 0.211. The Labute approximate surface area is 206 Å². The molecule has 2 aliphatic rings. The van der Waals surface area contributed by atoms with Gasteiger partial charge in [0.05, 0.1) is 12.1 Å². The number of amides is 2. The van der Waals surface area contributed by atoms with Crippen molar-refractivity contribution in [3.05, 3.63) is 58.8 Å². The van der Waals surface area contributed by atoms with Gasteiger partial charge in [-0.05, 0) is 83.0 Å². The van der Waals surface area contributed by atoms with Crippen molar-refractivity contribution in [2.45, 2.75) is 62.4 Å². The van der Waals surface area contributed by atoms with Crippen LogP contribution in [0, 0.1) is 18.6 Å². The van der Waals surface area contributed by atoms with Crippen molar-refractivity contribution in [1.29, 1.82) is 0 Å². The van der Waals surface area contributed by atoms with E-state index in [9.17, 15) is 31.9 Å². The van der Waals surface area contributed by atoms with Crippen LogP contribution in [0.5, 0.6) is 0 Å². The highest BCUT2D eigenvalue weighted by Crippen LogP contribution is 2.47.